The summed E-state index contributed by atoms with van der Waals surface area (Å²) in [5, 5.41) is 8.40. The largest absolute Gasteiger partial charge is 0.456 e. The molecule has 1 aromatic carbocycles. The maximum Gasteiger partial charge on any atom is 0.287 e. The second-order valence-electron chi connectivity index (χ2n) is 9.36. The van der Waals surface area contributed by atoms with Crippen LogP contribution >= 0.6 is 0 Å². The van der Waals surface area contributed by atoms with E-state index in [4.69, 9.17) is 8.83 Å². The number of likely N-dealkylation sites (N-methyl/N-ethyl adjacent to an activating group) is 1. The number of amides is 3. The van der Waals surface area contributed by atoms with Crippen LogP contribution in [0.1, 0.15) is 70.1 Å². The van der Waals surface area contributed by atoms with E-state index in [0.717, 1.165) is 48.1 Å². The molecule has 36 heavy (non-hydrogen) atoms. The Hall–Kier alpha value is -3.81. The van der Waals surface area contributed by atoms with E-state index in [9.17, 15) is 14.4 Å². The monoisotopic (exact) mass is 491 g/mol. The molecule has 0 saturated heterocycles. The topological polar surface area (TPSA) is 114 Å². The summed E-state index contributed by atoms with van der Waals surface area (Å²) in [7, 11) is 1.59. The van der Waals surface area contributed by atoms with E-state index in [1.807, 2.05) is 38.1 Å². The first kappa shape index (κ1) is 25.3. The van der Waals surface area contributed by atoms with Crippen molar-refractivity contribution in [2.45, 2.75) is 58.5 Å². The summed E-state index contributed by atoms with van der Waals surface area (Å²) in [4.78, 5) is 37.6. The van der Waals surface area contributed by atoms with Gasteiger partial charge in [-0.3, -0.25) is 14.4 Å². The number of rotatable bonds is 8. The second-order valence-corrected chi connectivity index (χ2v) is 9.36. The van der Waals surface area contributed by atoms with Crippen molar-refractivity contribution in [3.8, 4) is 11.3 Å². The average Bonchev–Trinajstić information content (AvgIpc) is 3.53. The van der Waals surface area contributed by atoms with Gasteiger partial charge in [0.25, 0.3) is 11.8 Å². The molecule has 0 aliphatic heterocycles. The Bertz CT molecular complexity index is 1200. The molecule has 3 aromatic rings. The highest BCUT2D eigenvalue weighted by molar-refractivity contribution is 5.96. The van der Waals surface area contributed by atoms with Crippen molar-refractivity contribution >= 4 is 17.7 Å². The summed E-state index contributed by atoms with van der Waals surface area (Å²) in [6, 6.07) is 12.0. The molecule has 0 bridgehead atoms. The zero-order chi connectivity index (χ0) is 25.7. The van der Waals surface area contributed by atoms with Crippen LogP contribution in [-0.4, -0.2) is 30.8 Å². The third kappa shape index (κ3) is 5.87. The highest BCUT2D eigenvalue weighted by Crippen LogP contribution is 2.27. The maximum absolute atomic E-state index is 12.9. The van der Waals surface area contributed by atoms with Crippen molar-refractivity contribution < 1.29 is 23.2 Å². The normalized spacial score (nSPS) is 14.8. The molecule has 0 unspecified atom stereocenters. The minimum absolute atomic E-state index is 0.131. The van der Waals surface area contributed by atoms with E-state index in [2.05, 4.69) is 16.0 Å². The van der Waals surface area contributed by atoms with Crippen LogP contribution in [0.5, 0.6) is 0 Å². The van der Waals surface area contributed by atoms with E-state index >= 15 is 0 Å². The lowest BCUT2D eigenvalue weighted by Gasteiger charge is -2.29. The Kier molecular flexibility index (Phi) is 7.93. The molecule has 2 aromatic heterocycles. The molecule has 0 radical (unpaired) electrons. The molecule has 1 atom stereocenters. The average molecular weight is 492 g/mol. The van der Waals surface area contributed by atoms with Gasteiger partial charge < -0.3 is 24.8 Å². The summed E-state index contributed by atoms with van der Waals surface area (Å²) in [6.45, 7) is 4.08. The van der Waals surface area contributed by atoms with Gasteiger partial charge >= 0.3 is 0 Å². The van der Waals surface area contributed by atoms with Crippen molar-refractivity contribution in [1.82, 2.24) is 16.0 Å². The van der Waals surface area contributed by atoms with Gasteiger partial charge in [-0.2, -0.15) is 0 Å². The molecular formula is C28H33N3O5. The van der Waals surface area contributed by atoms with Crippen LogP contribution in [0.4, 0.5) is 0 Å². The van der Waals surface area contributed by atoms with Gasteiger partial charge in [-0.1, -0.05) is 43.5 Å². The fourth-order valence-electron chi connectivity index (χ4n) is 4.59. The number of hydrogen-bond donors (Lipinski definition) is 3. The molecule has 3 N–H and O–H groups in total. The fourth-order valence-corrected chi connectivity index (χ4v) is 4.59. The number of hydrogen-bond acceptors (Lipinski definition) is 5. The van der Waals surface area contributed by atoms with Crippen molar-refractivity contribution in [2.75, 3.05) is 7.05 Å². The molecule has 1 fully saturated rings. The minimum Gasteiger partial charge on any atom is -0.456 e. The Labute approximate surface area is 210 Å². The summed E-state index contributed by atoms with van der Waals surface area (Å²) in [5.41, 5.74) is 2.66. The van der Waals surface area contributed by atoms with Gasteiger partial charge in [-0.05, 0) is 61.9 Å². The van der Waals surface area contributed by atoms with Gasteiger partial charge in [0.15, 0.2) is 11.5 Å². The standard InChI is InChI=1S/C28H33N3O5/c1-17-15-24(35-18(17)2)26(32)30-16-19-9-11-20(12-10-19)22-13-14-23(36-22)27(33)31-25(28(34)29-3)21-7-5-4-6-8-21/h9-15,21,25H,4-8,16H2,1-3H3,(H,29,34)(H,30,32)(H,31,33)/t25-/m0/s1. The molecular weight excluding hydrogens is 458 g/mol. The van der Waals surface area contributed by atoms with Crippen molar-refractivity contribution in [3.05, 3.63) is 70.9 Å². The number of carbonyl (C=O) groups is 3. The van der Waals surface area contributed by atoms with Crippen molar-refractivity contribution in [3.63, 3.8) is 0 Å². The smallest absolute Gasteiger partial charge is 0.287 e. The SMILES string of the molecule is CNC(=O)[C@@H](NC(=O)c1ccc(-c2ccc(CNC(=O)c3cc(C)c(C)o3)cc2)o1)C1CCCCC1. The zero-order valence-corrected chi connectivity index (χ0v) is 21.0. The summed E-state index contributed by atoms with van der Waals surface area (Å²) in [5.74, 6) is 1.03. The fraction of sp³-hybridized carbons (Fsp3) is 0.393. The van der Waals surface area contributed by atoms with E-state index < -0.39 is 11.9 Å². The van der Waals surface area contributed by atoms with Gasteiger partial charge in [0.05, 0.1) is 0 Å². The Morgan fingerprint density at radius 1 is 0.917 bits per heavy atom. The molecule has 4 rings (SSSR count). The molecule has 1 aliphatic rings. The predicted octanol–water partition coefficient (Wildman–Crippen LogP) is 4.51. The first-order valence-corrected chi connectivity index (χ1v) is 12.4. The number of aryl methyl sites for hydroxylation is 2. The first-order chi connectivity index (χ1) is 17.4. The summed E-state index contributed by atoms with van der Waals surface area (Å²) < 4.78 is 11.3. The lowest BCUT2D eigenvalue weighted by atomic mass is 9.83. The van der Waals surface area contributed by atoms with Crippen LogP contribution in [0.25, 0.3) is 11.3 Å². The maximum atomic E-state index is 12.9. The number of nitrogens with one attached hydrogen (secondary N) is 3. The molecule has 3 amide bonds. The highest BCUT2D eigenvalue weighted by Gasteiger charge is 2.31. The van der Waals surface area contributed by atoms with Crippen LogP contribution in [0.2, 0.25) is 0 Å². The van der Waals surface area contributed by atoms with Crippen molar-refractivity contribution in [2.24, 2.45) is 5.92 Å². The third-order valence-electron chi connectivity index (χ3n) is 6.85. The second kappa shape index (κ2) is 11.3. The van der Waals surface area contributed by atoms with Gasteiger partial charge in [0, 0.05) is 19.2 Å². The van der Waals surface area contributed by atoms with E-state index in [-0.39, 0.29) is 23.5 Å². The lowest BCUT2D eigenvalue weighted by molar-refractivity contribution is -0.124. The van der Waals surface area contributed by atoms with Crippen LogP contribution in [0, 0.1) is 19.8 Å². The number of furan rings is 2. The number of carbonyl (C=O) groups excluding carboxylic acids is 3. The number of benzene rings is 1. The van der Waals surface area contributed by atoms with E-state index in [0.29, 0.717) is 18.1 Å². The molecule has 8 heteroatoms. The Morgan fingerprint density at radius 2 is 1.64 bits per heavy atom. The zero-order valence-electron chi connectivity index (χ0n) is 21.0. The quantitative estimate of drug-likeness (QED) is 0.429. The highest BCUT2D eigenvalue weighted by atomic mass is 16.4. The molecule has 1 aliphatic carbocycles. The van der Waals surface area contributed by atoms with Gasteiger partial charge in [-0.15, -0.1) is 0 Å². The summed E-state index contributed by atoms with van der Waals surface area (Å²) >= 11 is 0. The summed E-state index contributed by atoms with van der Waals surface area (Å²) in [6.07, 6.45) is 5.16. The molecule has 1 saturated carbocycles. The molecule has 0 spiro atoms. The molecule has 8 nitrogen and oxygen atoms in total. The Morgan fingerprint density at radius 3 is 2.28 bits per heavy atom. The molecule has 2 heterocycles. The first-order valence-electron chi connectivity index (χ1n) is 12.4. The van der Waals surface area contributed by atoms with Gasteiger partial charge in [0.1, 0.15) is 17.6 Å². The van der Waals surface area contributed by atoms with E-state index in [1.165, 1.54) is 6.42 Å². The van der Waals surface area contributed by atoms with Gasteiger partial charge in [-0.25, -0.2) is 0 Å². The van der Waals surface area contributed by atoms with E-state index in [1.54, 1.807) is 25.2 Å². The van der Waals surface area contributed by atoms with Crippen LogP contribution in [0.15, 0.2) is 51.3 Å². The third-order valence-corrected chi connectivity index (χ3v) is 6.85. The van der Waals surface area contributed by atoms with Crippen LogP contribution < -0.4 is 16.0 Å². The predicted molar refractivity (Wildman–Crippen MR) is 135 cm³/mol. The lowest BCUT2D eigenvalue weighted by Crippen LogP contribution is -2.50. The van der Waals surface area contributed by atoms with Crippen LogP contribution in [0.3, 0.4) is 0 Å². The van der Waals surface area contributed by atoms with Crippen molar-refractivity contribution in [1.29, 1.82) is 0 Å². The van der Waals surface area contributed by atoms with Gasteiger partial charge in [0.2, 0.25) is 5.91 Å². The Balaban J connectivity index is 1.36. The van der Waals surface area contributed by atoms with Crippen LogP contribution in [-0.2, 0) is 11.3 Å². The minimum atomic E-state index is -0.570. The molecule has 190 valence electrons.